The summed E-state index contributed by atoms with van der Waals surface area (Å²) < 4.78 is 10.6. The first kappa shape index (κ1) is 9.76. The summed E-state index contributed by atoms with van der Waals surface area (Å²) >= 11 is 0. The fourth-order valence-corrected chi connectivity index (χ4v) is 2.43. The molecule has 0 spiro atoms. The van der Waals surface area contributed by atoms with Crippen molar-refractivity contribution < 1.29 is 9.47 Å². The lowest BCUT2D eigenvalue weighted by atomic mass is 9.58. The van der Waals surface area contributed by atoms with Crippen LogP contribution in [0, 0.1) is 16.7 Å². The Morgan fingerprint density at radius 2 is 2.00 bits per heavy atom. The molecule has 4 heteroatoms. The van der Waals surface area contributed by atoms with Crippen LogP contribution in [-0.2, 0) is 14.9 Å². The van der Waals surface area contributed by atoms with E-state index < -0.39 is 5.41 Å². The number of nitriles is 1. The molecule has 2 aliphatic rings. The molecule has 3 rings (SSSR count). The van der Waals surface area contributed by atoms with Gasteiger partial charge < -0.3 is 9.47 Å². The second-order valence-electron chi connectivity index (χ2n) is 4.50. The van der Waals surface area contributed by atoms with Crippen LogP contribution in [0.5, 0.6) is 0 Å². The number of ether oxygens (including phenoxy) is 2. The molecular formula is C12H12N2O2. The third-order valence-corrected chi connectivity index (χ3v) is 3.74. The standard InChI is InChI=1S/C12H12N2O2/c13-5-11(6-15-7-11)12(8-16-9-12)10-2-1-3-14-4-10/h1-4H,6-9H2. The third kappa shape index (κ3) is 1.02. The van der Waals surface area contributed by atoms with Crippen LogP contribution >= 0.6 is 0 Å². The molecule has 0 N–H and O–H groups in total. The Hall–Kier alpha value is -1.44. The quantitative estimate of drug-likeness (QED) is 0.736. The van der Waals surface area contributed by atoms with Gasteiger partial charge in [0.05, 0.1) is 37.9 Å². The zero-order chi connectivity index (χ0) is 11.1. The normalized spacial score (nSPS) is 24.9. The van der Waals surface area contributed by atoms with Gasteiger partial charge in [0.2, 0.25) is 0 Å². The van der Waals surface area contributed by atoms with Gasteiger partial charge in [-0.3, -0.25) is 4.98 Å². The first-order valence-corrected chi connectivity index (χ1v) is 5.30. The van der Waals surface area contributed by atoms with Gasteiger partial charge in [0.1, 0.15) is 5.41 Å². The minimum absolute atomic E-state index is 0.214. The third-order valence-electron chi connectivity index (χ3n) is 3.74. The lowest BCUT2D eigenvalue weighted by Gasteiger charge is -2.55. The first-order valence-electron chi connectivity index (χ1n) is 5.30. The van der Waals surface area contributed by atoms with Crippen molar-refractivity contribution in [1.82, 2.24) is 4.98 Å². The van der Waals surface area contributed by atoms with Crippen molar-refractivity contribution in [3.05, 3.63) is 30.1 Å². The molecule has 2 saturated heterocycles. The highest BCUT2D eigenvalue weighted by Crippen LogP contribution is 2.51. The minimum Gasteiger partial charge on any atom is -0.379 e. The maximum atomic E-state index is 9.39. The van der Waals surface area contributed by atoms with E-state index in [2.05, 4.69) is 11.1 Å². The smallest absolute Gasteiger partial charge is 0.118 e. The highest BCUT2D eigenvalue weighted by Gasteiger charge is 2.62. The molecule has 0 radical (unpaired) electrons. The van der Waals surface area contributed by atoms with Crippen LogP contribution in [0.4, 0.5) is 0 Å². The molecule has 1 aromatic rings. The minimum atomic E-state index is -0.422. The van der Waals surface area contributed by atoms with E-state index in [1.165, 1.54) is 0 Å². The summed E-state index contributed by atoms with van der Waals surface area (Å²) in [6.07, 6.45) is 3.58. The summed E-state index contributed by atoms with van der Waals surface area (Å²) in [7, 11) is 0. The summed E-state index contributed by atoms with van der Waals surface area (Å²) in [5.41, 5.74) is 0.453. The number of pyridine rings is 1. The lowest BCUT2D eigenvalue weighted by molar-refractivity contribution is -0.201. The van der Waals surface area contributed by atoms with Gasteiger partial charge in [-0.05, 0) is 11.6 Å². The van der Waals surface area contributed by atoms with Crippen molar-refractivity contribution in [3.8, 4) is 6.07 Å². The fourth-order valence-electron chi connectivity index (χ4n) is 2.43. The van der Waals surface area contributed by atoms with Gasteiger partial charge in [0.25, 0.3) is 0 Å². The number of nitrogens with zero attached hydrogens (tertiary/aromatic N) is 2. The fraction of sp³-hybridized carbons (Fsp3) is 0.500. The van der Waals surface area contributed by atoms with Crippen molar-refractivity contribution in [2.45, 2.75) is 5.41 Å². The molecule has 2 fully saturated rings. The SMILES string of the molecule is N#CC1(C2(c3cccnc3)COC2)COC1. The average molecular weight is 216 g/mol. The highest BCUT2D eigenvalue weighted by atomic mass is 16.5. The molecule has 2 aliphatic heterocycles. The molecule has 0 aromatic carbocycles. The van der Waals surface area contributed by atoms with E-state index in [9.17, 15) is 5.26 Å². The van der Waals surface area contributed by atoms with E-state index >= 15 is 0 Å². The molecule has 0 unspecified atom stereocenters. The van der Waals surface area contributed by atoms with Crippen LogP contribution < -0.4 is 0 Å². The van der Waals surface area contributed by atoms with E-state index in [-0.39, 0.29) is 5.41 Å². The van der Waals surface area contributed by atoms with E-state index in [4.69, 9.17) is 9.47 Å². The second-order valence-corrected chi connectivity index (χ2v) is 4.50. The Labute approximate surface area is 93.8 Å². The molecule has 0 bridgehead atoms. The van der Waals surface area contributed by atoms with E-state index in [1.807, 2.05) is 18.3 Å². The largest absolute Gasteiger partial charge is 0.379 e. The first-order chi connectivity index (χ1) is 7.83. The maximum Gasteiger partial charge on any atom is 0.118 e. The van der Waals surface area contributed by atoms with Gasteiger partial charge >= 0.3 is 0 Å². The Kier molecular flexibility index (Phi) is 2.00. The van der Waals surface area contributed by atoms with Crippen molar-refractivity contribution in [2.75, 3.05) is 26.4 Å². The lowest BCUT2D eigenvalue weighted by Crippen LogP contribution is -2.66. The summed E-state index contributed by atoms with van der Waals surface area (Å²) in [6, 6.07) is 6.35. The number of aromatic nitrogens is 1. The Morgan fingerprint density at radius 1 is 1.25 bits per heavy atom. The Bertz CT molecular complexity index is 430. The summed E-state index contributed by atoms with van der Waals surface area (Å²) in [6.45, 7) is 2.19. The van der Waals surface area contributed by atoms with Gasteiger partial charge in [-0.15, -0.1) is 0 Å². The molecule has 0 saturated carbocycles. The van der Waals surface area contributed by atoms with Crippen molar-refractivity contribution in [1.29, 1.82) is 5.26 Å². The van der Waals surface area contributed by atoms with Crippen LogP contribution in [0.1, 0.15) is 5.56 Å². The molecule has 82 valence electrons. The maximum absolute atomic E-state index is 9.39. The van der Waals surface area contributed by atoms with Crippen LogP contribution in [0.3, 0.4) is 0 Å². The monoisotopic (exact) mass is 216 g/mol. The van der Waals surface area contributed by atoms with Gasteiger partial charge in [-0.25, -0.2) is 0 Å². The van der Waals surface area contributed by atoms with Crippen LogP contribution in [0.2, 0.25) is 0 Å². The van der Waals surface area contributed by atoms with E-state index in [0.29, 0.717) is 26.4 Å². The molecule has 0 aliphatic carbocycles. The molecule has 1 aromatic heterocycles. The highest BCUT2D eigenvalue weighted by molar-refractivity contribution is 5.35. The second kappa shape index (κ2) is 3.27. The van der Waals surface area contributed by atoms with Gasteiger partial charge in [0.15, 0.2) is 0 Å². The van der Waals surface area contributed by atoms with Crippen molar-refractivity contribution in [2.24, 2.45) is 5.41 Å². The molecule has 16 heavy (non-hydrogen) atoms. The number of rotatable bonds is 2. The molecule has 0 amide bonds. The molecular weight excluding hydrogens is 204 g/mol. The molecule has 4 nitrogen and oxygen atoms in total. The number of hydrogen-bond donors (Lipinski definition) is 0. The summed E-state index contributed by atoms with van der Waals surface area (Å²) in [5.74, 6) is 0. The van der Waals surface area contributed by atoms with Crippen molar-refractivity contribution in [3.63, 3.8) is 0 Å². The molecule has 3 heterocycles. The van der Waals surface area contributed by atoms with E-state index in [0.717, 1.165) is 5.56 Å². The van der Waals surface area contributed by atoms with Gasteiger partial charge in [-0.1, -0.05) is 6.07 Å². The predicted octanol–water partition coefficient (Wildman–Crippen LogP) is 0.890. The Morgan fingerprint density at radius 3 is 2.38 bits per heavy atom. The van der Waals surface area contributed by atoms with Crippen LogP contribution in [0.25, 0.3) is 0 Å². The molecule has 0 atom stereocenters. The Balaban J connectivity index is 2.04. The van der Waals surface area contributed by atoms with E-state index in [1.54, 1.807) is 6.20 Å². The number of hydrogen-bond acceptors (Lipinski definition) is 4. The predicted molar refractivity (Wildman–Crippen MR) is 55.6 cm³/mol. The topological polar surface area (TPSA) is 55.1 Å². The van der Waals surface area contributed by atoms with Crippen molar-refractivity contribution >= 4 is 0 Å². The average Bonchev–Trinajstić information content (AvgIpc) is 2.22. The zero-order valence-electron chi connectivity index (χ0n) is 8.85. The summed E-state index contributed by atoms with van der Waals surface area (Å²) in [5, 5.41) is 9.39. The van der Waals surface area contributed by atoms with Crippen LogP contribution in [0.15, 0.2) is 24.5 Å². The van der Waals surface area contributed by atoms with Gasteiger partial charge in [-0.2, -0.15) is 5.26 Å². The van der Waals surface area contributed by atoms with Gasteiger partial charge in [0, 0.05) is 12.4 Å². The van der Waals surface area contributed by atoms with Crippen LogP contribution in [-0.4, -0.2) is 31.4 Å². The summed E-state index contributed by atoms with van der Waals surface area (Å²) in [4.78, 5) is 4.13. The zero-order valence-corrected chi connectivity index (χ0v) is 8.85.